The maximum atomic E-state index is 12.2. The number of carbonyl (C=O) groups excluding carboxylic acids is 1. The van der Waals surface area contributed by atoms with Gasteiger partial charge in [0, 0.05) is 37.4 Å². The lowest BCUT2D eigenvalue weighted by molar-refractivity contribution is -0.143. The number of pyridine rings is 1. The second kappa shape index (κ2) is 5.20. The van der Waals surface area contributed by atoms with E-state index in [-0.39, 0.29) is 10.9 Å². The minimum atomic E-state index is 0.250. The van der Waals surface area contributed by atoms with Crippen molar-refractivity contribution in [3.05, 3.63) is 24.5 Å². The summed E-state index contributed by atoms with van der Waals surface area (Å²) in [7, 11) is 0. The maximum absolute atomic E-state index is 12.2. The van der Waals surface area contributed by atoms with Crippen molar-refractivity contribution in [2.45, 2.75) is 36.5 Å². The van der Waals surface area contributed by atoms with E-state index < -0.39 is 0 Å². The molecule has 2 aliphatic heterocycles. The average molecular weight is 304 g/mol. The van der Waals surface area contributed by atoms with Gasteiger partial charge in [-0.05, 0) is 25.0 Å². The molecule has 3 heterocycles. The van der Waals surface area contributed by atoms with Gasteiger partial charge in [0.05, 0.1) is 10.9 Å². The molecule has 1 spiro atoms. The van der Waals surface area contributed by atoms with Crippen LogP contribution in [0.3, 0.4) is 0 Å². The zero-order valence-corrected chi connectivity index (χ0v) is 12.8. The molecule has 1 saturated carbocycles. The molecule has 2 saturated heterocycles. The topological polar surface area (TPSA) is 42.4 Å². The maximum Gasteiger partial charge on any atom is 0.225 e. The molecule has 4 nitrogen and oxygen atoms in total. The van der Waals surface area contributed by atoms with Crippen molar-refractivity contribution in [3.8, 4) is 5.75 Å². The second-order valence-electron chi connectivity index (χ2n) is 6.45. The lowest BCUT2D eigenvalue weighted by Gasteiger charge is -2.49. The van der Waals surface area contributed by atoms with Gasteiger partial charge in [-0.2, -0.15) is 0 Å². The molecule has 3 fully saturated rings. The standard InChI is InChI=1S/C16H20N2O2S/c19-15(12-3-1-4-12)18-10-16(11-18)7-14(9-21-16)20-13-5-2-6-17-8-13/h2,5-6,8,12,14H,1,3-4,7,9-11H2. The molecule has 1 unspecified atom stereocenters. The fraction of sp³-hybridized carbons (Fsp3) is 0.625. The number of hydrogen-bond acceptors (Lipinski definition) is 4. The van der Waals surface area contributed by atoms with Crippen molar-refractivity contribution in [3.63, 3.8) is 0 Å². The molecule has 0 bridgehead atoms. The van der Waals surface area contributed by atoms with E-state index in [9.17, 15) is 4.79 Å². The van der Waals surface area contributed by atoms with Crippen molar-refractivity contribution >= 4 is 17.7 Å². The van der Waals surface area contributed by atoms with Crippen LogP contribution in [0.1, 0.15) is 25.7 Å². The van der Waals surface area contributed by atoms with Gasteiger partial charge in [-0.15, -0.1) is 11.8 Å². The second-order valence-corrected chi connectivity index (χ2v) is 7.94. The van der Waals surface area contributed by atoms with Crippen molar-refractivity contribution in [2.75, 3.05) is 18.8 Å². The number of likely N-dealkylation sites (tertiary alicyclic amines) is 1. The summed E-state index contributed by atoms with van der Waals surface area (Å²) in [5.41, 5.74) is 0. The summed E-state index contributed by atoms with van der Waals surface area (Å²) in [5.74, 6) is 2.59. The van der Waals surface area contributed by atoms with Crippen LogP contribution in [0.2, 0.25) is 0 Å². The van der Waals surface area contributed by atoms with Gasteiger partial charge in [-0.3, -0.25) is 9.78 Å². The number of rotatable bonds is 3. The summed E-state index contributed by atoms with van der Waals surface area (Å²) in [6.07, 6.45) is 8.24. The summed E-state index contributed by atoms with van der Waals surface area (Å²) in [5, 5.41) is 0. The fourth-order valence-electron chi connectivity index (χ4n) is 3.43. The summed E-state index contributed by atoms with van der Waals surface area (Å²) in [4.78, 5) is 18.3. The lowest BCUT2D eigenvalue weighted by Crippen LogP contribution is -2.62. The van der Waals surface area contributed by atoms with Gasteiger partial charge in [0.15, 0.2) is 0 Å². The number of carbonyl (C=O) groups is 1. The van der Waals surface area contributed by atoms with E-state index in [0.29, 0.717) is 11.8 Å². The lowest BCUT2D eigenvalue weighted by atomic mass is 9.82. The van der Waals surface area contributed by atoms with E-state index in [2.05, 4.69) is 9.88 Å². The Morgan fingerprint density at radius 2 is 2.29 bits per heavy atom. The van der Waals surface area contributed by atoms with Crippen LogP contribution < -0.4 is 4.74 Å². The van der Waals surface area contributed by atoms with Crippen molar-refractivity contribution in [1.82, 2.24) is 9.88 Å². The van der Waals surface area contributed by atoms with Gasteiger partial charge in [-0.1, -0.05) is 6.42 Å². The van der Waals surface area contributed by atoms with Crippen LogP contribution >= 0.6 is 11.8 Å². The Morgan fingerprint density at radius 3 is 2.95 bits per heavy atom. The third-order valence-electron chi connectivity index (χ3n) is 4.84. The van der Waals surface area contributed by atoms with Crippen LogP contribution in [0.15, 0.2) is 24.5 Å². The molecule has 1 atom stereocenters. The molecule has 0 N–H and O–H groups in total. The third-order valence-corrected chi connectivity index (χ3v) is 6.41. The third kappa shape index (κ3) is 2.52. The normalized spacial score (nSPS) is 27.2. The Balaban J connectivity index is 1.30. The first-order valence-electron chi connectivity index (χ1n) is 7.74. The molecule has 5 heteroatoms. The molecule has 1 amide bonds. The molecule has 0 radical (unpaired) electrons. The minimum absolute atomic E-state index is 0.250. The number of amides is 1. The highest BCUT2D eigenvalue weighted by Crippen LogP contribution is 2.47. The molecule has 4 rings (SSSR count). The molecule has 3 aliphatic rings. The van der Waals surface area contributed by atoms with Crippen LogP contribution in [-0.4, -0.2) is 45.5 Å². The summed E-state index contributed by atoms with van der Waals surface area (Å²) < 4.78 is 6.25. The molecular formula is C16H20N2O2S. The van der Waals surface area contributed by atoms with Gasteiger partial charge < -0.3 is 9.64 Å². The molecule has 1 aliphatic carbocycles. The van der Waals surface area contributed by atoms with Gasteiger partial charge in [-0.25, -0.2) is 0 Å². The highest BCUT2D eigenvalue weighted by molar-refractivity contribution is 8.01. The zero-order chi connectivity index (χ0) is 14.3. The molecule has 112 valence electrons. The average Bonchev–Trinajstić information content (AvgIpc) is 2.80. The smallest absolute Gasteiger partial charge is 0.225 e. The Morgan fingerprint density at radius 1 is 1.43 bits per heavy atom. The summed E-state index contributed by atoms with van der Waals surface area (Å²) in [6.45, 7) is 1.83. The summed E-state index contributed by atoms with van der Waals surface area (Å²) >= 11 is 1.98. The van der Waals surface area contributed by atoms with Crippen molar-refractivity contribution in [1.29, 1.82) is 0 Å². The Hall–Kier alpha value is -1.23. The van der Waals surface area contributed by atoms with E-state index in [1.54, 1.807) is 12.4 Å². The van der Waals surface area contributed by atoms with E-state index in [1.165, 1.54) is 6.42 Å². The Kier molecular flexibility index (Phi) is 3.32. The van der Waals surface area contributed by atoms with Crippen molar-refractivity contribution < 1.29 is 9.53 Å². The number of aromatic nitrogens is 1. The zero-order valence-electron chi connectivity index (χ0n) is 12.0. The number of hydrogen-bond donors (Lipinski definition) is 0. The summed E-state index contributed by atoms with van der Waals surface area (Å²) in [6, 6.07) is 3.85. The first kappa shape index (κ1) is 13.4. The van der Waals surface area contributed by atoms with Gasteiger partial charge in [0.1, 0.15) is 11.9 Å². The minimum Gasteiger partial charge on any atom is -0.488 e. The largest absolute Gasteiger partial charge is 0.488 e. The highest BCUT2D eigenvalue weighted by atomic mass is 32.2. The Labute approximate surface area is 129 Å². The van der Waals surface area contributed by atoms with Gasteiger partial charge >= 0.3 is 0 Å². The van der Waals surface area contributed by atoms with Crippen LogP contribution in [-0.2, 0) is 4.79 Å². The quantitative estimate of drug-likeness (QED) is 0.859. The number of nitrogens with zero attached hydrogens (tertiary/aromatic N) is 2. The first-order chi connectivity index (χ1) is 10.2. The monoisotopic (exact) mass is 304 g/mol. The highest BCUT2D eigenvalue weighted by Gasteiger charge is 2.52. The predicted octanol–water partition coefficient (Wildman–Crippen LogP) is 2.35. The SMILES string of the molecule is O=C(C1CCC1)N1CC2(CC(Oc3cccnc3)CS2)C1. The molecule has 21 heavy (non-hydrogen) atoms. The van der Waals surface area contributed by atoms with Crippen LogP contribution in [0.5, 0.6) is 5.75 Å². The van der Waals surface area contributed by atoms with E-state index in [4.69, 9.17) is 4.74 Å². The molecular weight excluding hydrogens is 284 g/mol. The van der Waals surface area contributed by atoms with Crippen LogP contribution in [0.25, 0.3) is 0 Å². The van der Waals surface area contributed by atoms with Crippen LogP contribution in [0.4, 0.5) is 0 Å². The van der Waals surface area contributed by atoms with Gasteiger partial charge in [0.25, 0.3) is 0 Å². The van der Waals surface area contributed by atoms with Gasteiger partial charge in [0.2, 0.25) is 5.91 Å². The van der Waals surface area contributed by atoms with Crippen molar-refractivity contribution in [2.24, 2.45) is 5.92 Å². The molecule has 1 aromatic rings. The fourth-order valence-corrected chi connectivity index (χ4v) is 4.95. The predicted molar refractivity (Wildman–Crippen MR) is 82.4 cm³/mol. The van der Waals surface area contributed by atoms with Crippen LogP contribution in [0, 0.1) is 5.92 Å². The molecule has 1 aromatic heterocycles. The number of ether oxygens (including phenoxy) is 1. The first-order valence-corrected chi connectivity index (χ1v) is 8.72. The Bertz CT molecular complexity index is 526. The molecule has 0 aromatic carbocycles. The van der Waals surface area contributed by atoms with E-state index in [0.717, 1.165) is 43.9 Å². The number of thioether (sulfide) groups is 1. The van der Waals surface area contributed by atoms with E-state index >= 15 is 0 Å². The van der Waals surface area contributed by atoms with E-state index in [1.807, 2.05) is 23.9 Å².